The molecule has 37 heavy (non-hydrogen) atoms. The van der Waals surface area contributed by atoms with Crippen LogP contribution in [0.4, 0.5) is 5.69 Å². The van der Waals surface area contributed by atoms with Gasteiger partial charge in [-0.3, -0.25) is 0 Å². The van der Waals surface area contributed by atoms with Gasteiger partial charge in [0, 0.05) is 23.9 Å². The lowest BCUT2D eigenvalue weighted by atomic mass is 10.2. The van der Waals surface area contributed by atoms with Crippen LogP contribution in [0.3, 0.4) is 0 Å². The highest BCUT2D eigenvalue weighted by molar-refractivity contribution is 7.89. The Hall–Kier alpha value is -3.77. The quantitative estimate of drug-likeness (QED) is 0.294. The fourth-order valence-corrected chi connectivity index (χ4v) is 6.23. The number of thiazole rings is 1. The van der Waals surface area contributed by atoms with Gasteiger partial charge in [-0.25, -0.2) is 18.1 Å². The van der Waals surface area contributed by atoms with Crippen LogP contribution in [0.1, 0.15) is 5.76 Å². The van der Waals surface area contributed by atoms with E-state index >= 15 is 0 Å². The predicted octanol–water partition coefficient (Wildman–Crippen LogP) is 4.69. The van der Waals surface area contributed by atoms with E-state index in [9.17, 15) is 8.42 Å². The number of hydrogen-bond acceptors (Lipinski definition) is 8. The maximum Gasteiger partial charge on any atom is 0.243 e. The standard InChI is InChI=1S/C26H22N4O5S2/c31-37(32,29-11-14-33-15-12-29)22-9-7-20(8-10-22)28-26-30(27-17-21-5-3-13-34-21)23(18-36-26)25-16-19-4-1-2-6-24(19)35-25/h1-10,13,16-18H,11-12,14-15H2. The van der Waals surface area contributed by atoms with Crippen LogP contribution < -0.4 is 4.80 Å². The molecule has 1 saturated heterocycles. The van der Waals surface area contributed by atoms with Crippen molar-refractivity contribution in [3.05, 3.63) is 88.9 Å². The van der Waals surface area contributed by atoms with Crippen molar-refractivity contribution in [1.82, 2.24) is 8.98 Å². The monoisotopic (exact) mass is 534 g/mol. The van der Waals surface area contributed by atoms with Gasteiger partial charge in [0.2, 0.25) is 14.8 Å². The molecule has 1 fully saturated rings. The van der Waals surface area contributed by atoms with Gasteiger partial charge in [0.1, 0.15) is 17.0 Å². The van der Waals surface area contributed by atoms with Crippen LogP contribution in [0, 0.1) is 0 Å². The third kappa shape index (κ3) is 4.81. The Kier molecular flexibility index (Phi) is 6.35. The van der Waals surface area contributed by atoms with Crippen LogP contribution in [0.5, 0.6) is 0 Å². The Bertz CT molecular complexity index is 1690. The van der Waals surface area contributed by atoms with E-state index in [1.807, 2.05) is 41.8 Å². The lowest BCUT2D eigenvalue weighted by molar-refractivity contribution is 0.0730. The highest BCUT2D eigenvalue weighted by Gasteiger charge is 2.26. The number of para-hydroxylation sites is 1. The molecule has 188 valence electrons. The zero-order valence-electron chi connectivity index (χ0n) is 19.6. The van der Waals surface area contributed by atoms with E-state index in [2.05, 4.69) is 5.10 Å². The Morgan fingerprint density at radius 1 is 0.973 bits per heavy atom. The van der Waals surface area contributed by atoms with E-state index in [4.69, 9.17) is 18.6 Å². The molecule has 1 aliphatic heterocycles. The van der Waals surface area contributed by atoms with Crippen LogP contribution in [-0.2, 0) is 14.8 Å². The van der Waals surface area contributed by atoms with Crippen LogP contribution in [0.25, 0.3) is 22.4 Å². The second-order valence-corrected chi connectivity index (χ2v) is 11.0. The van der Waals surface area contributed by atoms with Gasteiger partial charge in [-0.05, 0) is 48.5 Å². The molecule has 0 spiro atoms. The molecule has 0 saturated carbocycles. The molecule has 0 radical (unpaired) electrons. The molecule has 0 amide bonds. The van der Waals surface area contributed by atoms with Gasteiger partial charge in [0.15, 0.2) is 5.76 Å². The third-order valence-electron chi connectivity index (χ3n) is 5.88. The number of rotatable bonds is 6. The number of fused-ring (bicyclic) bond motifs is 1. The van der Waals surface area contributed by atoms with Crippen LogP contribution in [0.15, 0.2) is 102 Å². The van der Waals surface area contributed by atoms with E-state index in [0.717, 1.165) is 16.7 Å². The summed E-state index contributed by atoms with van der Waals surface area (Å²) in [4.78, 5) is 5.56. The number of sulfonamides is 1. The van der Waals surface area contributed by atoms with E-state index in [1.54, 1.807) is 47.5 Å². The summed E-state index contributed by atoms with van der Waals surface area (Å²) in [5.74, 6) is 1.25. The molecule has 0 N–H and O–H groups in total. The number of furan rings is 2. The molecule has 0 atom stereocenters. The van der Waals surface area contributed by atoms with Gasteiger partial charge in [-0.15, -0.1) is 11.3 Å². The lowest BCUT2D eigenvalue weighted by Crippen LogP contribution is -2.40. The second-order valence-electron chi connectivity index (χ2n) is 8.25. The van der Waals surface area contributed by atoms with E-state index < -0.39 is 10.0 Å². The molecular weight excluding hydrogens is 512 g/mol. The third-order valence-corrected chi connectivity index (χ3v) is 8.61. The van der Waals surface area contributed by atoms with Crippen molar-refractivity contribution in [2.45, 2.75) is 4.90 Å². The highest BCUT2D eigenvalue weighted by Crippen LogP contribution is 2.28. The largest absolute Gasteiger partial charge is 0.463 e. The Labute approximate surface area is 216 Å². The summed E-state index contributed by atoms with van der Waals surface area (Å²) in [5, 5.41) is 7.52. The molecule has 0 aliphatic carbocycles. The van der Waals surface area contributed by atoms with Crippen molar-refractivity contribution in [1.29, 1.82) is 0 Å². The molecule has 6 rings (SSSR count). The molecule has 0 bridgehead atoms. The lowest BCUT2D eigenvalue weighted by Gasteiger charge is -2.26. The molecule has 0 unspecified atom stereocenters. The van der Waals surface area contributed by atoms with Crippen molar-refractivity contribution in [3.63, 3.8) is 0 Å². The second kappa shape index (κ2) is 9.94. The maximum absolute atomic E-state index is 12.9. The average molecular weight is 535 g/mol. The maximum atomic E-state index is 12.9. The Morgan fingerprint density at radius 2 is 1.78 bits per heavy atom. The number of aromatic nitrogens is 1. The first kappa shape index (κ1) is 23.6. The minimum Gasteiger partial charge on any atom is -0.463 e. The molecular formula is C26H22N4O5S2. The summed E-state index contributed by atoms with van der Waals surface area (Å²) in [6, 6.07) is 19.9. The number of nitrogens with zero attached hydrogens (tertiary/aromatic N) is 4. The minimum absolute atomic E-state index is 0.228. The summed E-state index contributed by atoms with van der Waals surface area (Å²) >= 11 is 1.40. The molecule has 11 heteroatoms. The summed E-state index contributed by atoms with van der Waals surface area (Å²) in [6.07, 6.45) is 3.19. The first-order valence-corrected chi connectivity index (χ1v) is 13.9. The van der Waals surface area contributed by atoms with Gasteiger partial charge >= 0.3 is 0 Å². The molecule has 3 aromatic heterocycles. The molecule has 2 aromatic carbocycles. The predicted molar refractivity (Wildman–Crippen MR) is 140 cm³/mol. The molecule has 5 aromatic rings. The van der Waals surface area contributed by atoms with Gasteiger partial charge in [0.25, 0.3) is 0 Å². The summed E-state index contributed by atoms with van der Waals surface area (Å²) in [7, 11) is -3.58. The number of benzene rings is 2. The normalized spacial score (nSPS) is 15.7. The van der Waals surface area contributed by atoms with Crippen LogP contribution in [0.2, 0.25) is 0 Å². The van der Waals surface area contributed by atoms with Crippen LogP contribution in [-0.4, -0.2) is 49.9 Å². The van der Waals surface area contributed by atoms with E-state index in [-0.39, 0.29) is 4.90 Å². The molecule has 1 aliphatic rings. The number of hydrogen-bond donors (Lipinski definition) is 0. The Morgan fingerprint density at radius 3 is 2.54 bits per heavy atom. The molecule has 4 heterocycles. The summed E-state index contributed by atoms with van der Waals surface area (Å²) in [5.41, 5.74) is 2.11. The summed E-state index contributed by atoms with van der Waals surface area (Å²) < 4.78 is 45.8. The average Bonchev–Trinajstić information content (AvgIpc) is 3.68. The number of morpholine rings is 1. The van der Waals surface area contributed by atoms with Crippen molar-refractivity contribution >= 4 is 44.2 Å². The zero-order chi connectivity index (χ0) is 25.2. The fraction of sp³-hybridized carbons (Fsp3) is 0.154. The van der Waals surface area contributed by atoms with E-state index in [0.29, 0.717) is 48.3 Å². The van der Waals surface area contributed by atoms with Gasteiger partial charge in [-0.1, -0.05) is 18.2 Å². The van der Waals surface area contributed by atoms with Crippen molar-refractivity contribution in [2.75, 3.05) is 26.3 Å². The van der Waals surface area contributed by atoms with Crippen molar-refractivity contribution in [2.24, 2.45) is 10.1 Å². The number of ether oxygens (including phenoxy) is 1. The first-order chi connectivity index (χ1) is 18.1. The highest BCUT2D eigenvalue weighted by atomic mass is 32.2. The van der Waals surface area contributed by atoms with E-state index in [1.165, 1.54) is 15.6 Å². The summed E-state index contributed by atoms with van der Waals surface area (Å²) in [6.45, 7) is 1.50. The van der Waals surface area contributed by atoms with Crippen LogP contribution >= 0.6 is 11.3 Å². The Balaban J connectivity index is 1.38. The molecule has 9 nitrogen and oxygen atoms in total. The smallest absolute Gasteiger partial charge is 0.243 e. The van der Waals surface area contributed by atoms with Crippen molar-refractivity contribution in [3.8, 4) is 11.5 Å². The fourth-order valence-electron chi connectivity index (χ4n) is 3.99. The van der Waals surface area contributed by atoms with Crippen molar-refractivity contribution < 1.29 is 22.0 Å². The zero-order valence-corrected chi connectivity index (χ0v) is 21.2. The first-order valence-electron chi connectivity index (χ1n) is 11.6. The van der Waals surface area contributed by atoms with Gasteiger partial charge in [0.05, 0.1) is 36.3 Å². The van der Waals surface area contributed by atoms with Gasteiger partial charge < -0.3 is 13.6 Å². The minimum atomic E-state index is -3.58. The SMILES string of the molecule is O=S(=O)(c1ccc(N=c2scc(-c3cc4ccccc4o3)n2N=Cc2ccco2)cc1)N1CCOCC1. The topological polar surface area (TPSA) is 103 Å². The van der Waals surface area contributed by atoms with Gasteiger partial charge in [-0.2, -0.15) is 9.41 Å².